The van der Waals surface area contributed by atoms with Crippen molar-refractivity contribution in [3.05, 3.63) is 33.8 Å². The maximum Gasteiger partial charge on any atom is 0.157 e. The maximum atomic E-state index is 13.0. The molecule has 1 aromatic rings. The molecule has 2 aliphatic rings. The van der Waals surface area contributed by atoms with Gasteiger partial charge in [-0.25, -0.2) is 0 Å². The lowest BCUT2D eigenvalue weighted by atomic mass is 9.86. The number of hydrogen-bond acceptors (Lipinski definition) is 2. The van der Waals surface area contributed by atoms with Gasteiger partial charge in [0.15, 0.2) is 5.78 Å². The topological polar surface area (TPSA) is 20.3 Å². The zero-order valence-electron chi connectivity index (χ0n) is 12.2. The zero-order valence-corrected chi connectivity index (χ0v) is 13.7. The molecule has 0 aromatic heterocycles. The van der Waals surface area contributed by atoms with E-state index in [0.29, 0.717) is 22.2 Å². The Balaban J connectivity index is 1.81. The van der Waals surface area contributed by atoms with Gasteiger partial charge in [-0.1, -0.05) is 42.1 Å². The van der Waals surface area contributed by atoms with Gasteiger partial charge in [-0.05, 0) is 56.5 Å². The summed E-state index contributed by atoms with van der Waals surface area (Å²) in [6, 6.07) is 5.42. The second-order valence-corrected chi connectivity index (χ2v) is 7.11. The minimum Gasteiger partial charge on any atom is -0.297 e. The molecule has 0 amide bonds. The molecular formula is C17H21Cl2NO. The Bertz CT molecular complexity index is 532. The van der Waals surface area contributed by atoms with Crippen LogP contribution in [0.4, 0.5) is 0 Å². The minimum absolute atomic E-state index is 0.223. The molecule has 3 rings (SSSR count). The Labute approximate surface area is 136 Å². The molecule has 0 unspecified atom stereocenters. The van der Waals surface area contributed by atoms with Gasteiger partial charge in [0.2, 0.25) is 0 Å². The SMILES string of the molecule is O=C(Cc1ccc(Cl)cc1Cl)C1(N2CCCC2)CCCC1. The molecule has 0 radical (unpaired) electrons. The fourth-order valence-electron chi connectivity index (χ4n) is 3.88. The molecule has 2 fully saturated rings. The molecule has 1 aliphatic carbocycles. The number of Topliss-reactive ketones (excluding diaryl/α,β-unsaturated/α-hetero) is 1. The van der Waals surface area contributed by atoms with Crippen LogP contribution in [0, 0.1) is 0 Å². The van der Waals surface area contributed by atoms with Crippen LogP contribution in [0.25, 0.3) is 0 Å². The molecule has 1 aliphatic heterocycles. The molecule has 0 spiro atoms. The number of carbonyl (C=O) groups is 1. The summed E-state index contributed by atoms with van der Waals surface area (Å²) in [4.78, 5) is 15.5. The van der Waals surface area contributed by atoms with E-state index in [2.05, 4.69) is 4.90 Å². The van der Waals surface area contributed by atoms with Gasteiger partial charge < -0.3 is 0 Å². The fourth-order valence-corrected chi connectivity index (χ4v) is 4.35. The standard InChI is InChI=1S/C17H21Cl2NO/c18-14-6-5-13(15(19)12-14)11-16(21)17(7-1-2-8-17)20-9-3-4-10-20/h5-6,12H,1-4,7-11H2. The molecule has 21 heavy (non-hydrogen) atoms. The first-order chi connectivity index (χ1) is 10.1. The number of likely N-dealkylation sites (tertiary alicyclic amines) is 1. The third-order valence-corrected chi connectivity index (χ3v) is 5.61. The van der Waals surface area contributed by atoms with Gasteiger partial charge in [-0.3, -0.25) is 9.69 Å². The van der Waals surface area contributed by atoms with E-state index in [4.69, 9.17) is 23.2 Å². The largest absolute Gasteiger partial charge is 0.297 e. The quantitative estimate of drug-likeness (QED) is 0.811. The summed E-state index contributed by atoms with van der Waals surface area (Å²) in [6.07, 6.45) is 7.21. The van der Waals surface area contributed by atoms with Gasteiger partial charge >= 0.3 is 0 Å². The lowest BCUT2D eigenvalue weighted by Crippen LogP contribution is -2.52. The number of rotatable bonds is 4. The maximum absolute atomic E-state index is 13.0. The van der Waals surface area contributed by atoms with E-state index in [1.807, 2.05) is 12.1 Å². The van der Waals surface area contributed by atoms with Gasteiger partial charge in [-0.15, -0.1) is 0 Å². The number of ketones is 1. The lowest BCUT2D eigenvalue weighted by molar-refractivity contribution is -0.129. The first-order valence-corrected chi connectivity index (χ1v) is 8.60. The van der Waals surface area contributed by atoms with Crippen molar-refractivity contribution in [1.29, 1.82) is 0 Å². The second-order valence-electron chi connectivity index (χ2n) is 6.27. The van der Waals surface area contributed by atoms with Crippen LogP contribution in [0.3, 0.4) is 0 Å². The Morgan fingerprint density at radius 1 is 1.10 bits per heavy atom. The van der Waals surface area contributed by atoms with Gasteiger partial charge in [0, 0.05) is 16.5 Å². The van der Waals surface area contributed by atoms with Gasteiger partial charge in [-0.2, -0.15) is 0 Å². The summed E-state index contributed by atoms with van der Waals surface area (Å²) in [5, 5.41) is 1.22. The Hall–Kier alpha value is -0.570. The van der Waals surface area contributed by atoms with Crippen molar-refractivity contribution >= 4 is 29.0 Å². The van der Waals surface area contributed by atoms with Gasteiger partial charge in [0.25, 0.3) is 0 Å². The van der Waals surface area contributed by atoms with Crippen molar-refractivity contribution in [3.63, 3.8) is 0 Å². The van der Waals surface area contributed by atoms with E-state index >= 15 is 0 Å². The van der Waals surface area contributed by atoms with Crippen LogP contribution in [-0.4, -0.2) is 29.3 Å². The predicted octanol–water partition coefficient (Wildman–Crippen LogP) is 4.51. The minimum atomic E-state index is -0.223. The smallest absolute Gasteiger partial charge is 0.157 e. The molecule has 1 aromatic carbocycles. The monoisotopic (exact) mass is 325 g/mol. The summed E-state index contributed by atoms with van der Waals surface area (Å²) < 4.78 is 0. The number of benzene rings is 1. The Kier molecular flexibility index (Phi) is 4.58. The van der Waals surface area contributed by atoms with Crippen LogP contribution in [-0.2, 0) is 11.2 Å². The predicted molar refractivity (Wildman–Crippen MR) is 87.2 cm³/mol. The molecule has 1 saturated carbocycles. The lowest BCUT2D eigenvalue weighted by Gasteiger charge is -2.37. The van der Waals surface area contributed by atoms with Gasteiger partial charge in [0.05, 0.1) is 5.54 Å². The van der Waals surface area contributed by atoms with Crippen LogP contribution >= 0.6 is 23.2 Å². The molecule has 2 nitrogen and oxygen atoms in total. The van der Waals surface area contributed by atoms with Crippen molar-refractivity contribution in [1.82, 2.24) is 4.90 Å². The van der Waals surface area contributed by atoms with E-state index in [1.54, 1.807) is 6.07 Å². The van der Waals surface area contributed by atoms with Crippen molar-refractivity contribution < 1.29 is 4.79 Å². The van der Waals surface area contributed by atoms with E-state index in [1.165, 1.54) is 12.8 Å². The van der Waals surface area contributed by atoms with E-state index in [0.717, 1.165) is 44.3 Å². The highest BCUT2D eigenvalue weighted by Crippen LogP contribution is 2.39. The molecular weight excluding hydrogens is 305 g/mol. The van der Waals surface area contributed by atoms with Crippen LogP contribution in [0.5, 0.6) is 0 Å². The van der Waals surface area contributed by atoms with Crippen molar-refractivity contribution in [2.75, 3.05) is 13.1 Å². The first-order valence-electron chi connectivity index (χ1n) is 7.84. The van der Waals surface area contributed by atoms with E-state index < -0.39 is 0 Å². The number of halogens is 2. The highest BCUT2D eigenvalue weighted by atomic mass is 35.5. The molecule has 1 saturated heterocycles. The van der Waals surface area contributed by atoms with Crippen molar-refractivity contribution in [3.8, 4) is 0 Å². The Morgan fingerprint density at radius 3 is 2.38 bits per heavy atom. The normalized spacial score (nSPS) is 21.8. The molecule has 1 heterocycles. The summed E-state index contributed by atoms with van der Waals surface area (Å²) in [7, 11) is 0. The number of carbonyl (C=O) groups excluding carboxylic acids is 1. The summed E-state index contributed by atoms with van der Waals surface area (Å²) in [5.74, 6) is 0.339. The highest BCUT2D eigenvalue weighted by Gasteiger charge is 2.46. The third kappa shape index (κ3) is 2.99. The van der Waals surface area contributed by atoms with Crippen LogP contribution in [0.2, 0.25) is 10.0 Å². The number of hydrogen-bond donors (Lipinski definition) is 0. The Morgan fingerprint density at radius 2 is 1.76 bits per heavy atom. The molecule has 0 N–H and O–H groups in total. The molecule has 114 valence electrons. The first kappa shape index (κ1) is 15.3. The van der Waals surface area contributed by atoms with E-state index in [-0.39, 0.29) is 5.54 Å². The average molecular weight is 326 g/mol. The van der Waals surface area contributed by atoms with Crippen LogP contribution < -0.4 is 0 Å². The third-order valence-electron chi connectivity index (χ3n) is 5.03. The van der Waals surface area contributed by atoms with Crippen molar-refractivity contribution in [2.45, 2.75) is 50.5 Å². The van der Waals surface area contributed by atoms with Crippen LogP contribution in [0.1, 0.15) is 44.1 Å². The van der Waals surface area contributed by atoms with Crippen molar-refractivity contribution in [2.24, 2.45) is 0 Å². The zero-order chi connectivity index (χ0) is 14.9. The van der Waals surface area contributed by atoms with E-state index in [9.17, 15) is 4.79 Å². The second kappa shape index (κ2) is 6.28. The van der Waals surface area contributed by atoms with Crippen LogP contribution in [0.15, 0.2) is 18.2 Å². The molecule has 0 atom stereocenters. The molecule has 0 bridgehead atoms. The summed E-state index contributed by atoms with van der Waals surface area (Å²) in [6.45, 7) is 2.14. The number of nitrogens with zero attached hydrogens (tertiary/aromatic N) is 1. The summed E-state index contributed by atoms with van der Waals surface area (Å²) >= 11 is 12.2. The highest BCUT2D eigenvalue weighted by molar-refractivity contribution is 6.35. The fraction of sp³-hybridized carbons (Fsp3) is 0.588. The van der Waals surface area contributed by atoms with Gasteiger partial charge in [0.1, 0.15) is 0 Å². The molecule has 4 heteroatoms. The summed E-state index contributed by atoms with van der Waals surface area (Å²) in [5.41, 5.74) is 0.677. The average Bonchev–Trinajstić information content (AvgIpc) is 3.11.